The third-order valence-electron chi connectivity index (χ3n) is 4.48. The van der Waals surface area contributed by atoms with Crippen molar-refractivity contribution >= 4 is 28.9 Å². The third-order valence-corrected chi connectivity index (χ3v) is 5.04. The van der Waals surface area contributed by atoms with Crippen LogP contribution in [-0.4, -0.2) is 31.1 Å². The Morgan fingerprint density at radius 3 is 2.54 bits per heavy atom. The number of halogens is 2. The molecule has 2 aromatic carbocycles. The number of rotatable bonds is 4. The molecule has 2 aromatic rings. The van der Waals surface area contributed by atoms with Crippen LogP contribution >= 0.6 is 23.2 Å². The zero-order valence-electron chi connectivity index (χ0n) is 13.5. The zero-order chi connectivity index (χ0) is 17.1. The molecule has 0 saturated carbocycles. The molecule has 1 aliphatic rings. The Kier molecular flexibility index (Phi) is 5.30. The molecule has 1 heterocycles. The van der Waals surface area contributed by atoms with Gasteiger partial charge in [0.25, 0.3) is 0 Å². The van der Waals surface area contributed by atoms with Crippen LogP contribution in [0.25, 0.3) is 0 Å². The highest BCUT2D eigenvalue weighted by atomic mass is 35.5. The summed E-state index contributed by atoms with van der Waals surface area (Å²) < 4.78 is 0. The summed E-state index contributed by atoms with van der Waals surface area (Å²) in [4.78, 5) is 4.71. The van der Waals surface area contributed by atoms with Gasteiger partial charge in [-0.3, -0.25) is 0 Å². The second-order valence-electron chi connectivity index (χ2n) is 6.24. The quantitative estimate of drug-likeness (QED) is 0.800. The maximum absolute atomic E-state index is 9.09. The average molecular weight is 360 g/mol. The number of hydrogen-bond acceptors (Lipinski definition) is 3. The molecule has 24 heavy (non-hydrogen) atoms. The smallest absolute Gasteiger partial charge is 0.101 e. The Morgan fingerprint density at radius 2 is 1.96 bits per heavy atom. The molecule has 1 saturated heterocycles. The highest BCUT2D eigenvalue weighted by Crippen LogP contribution is 2.29. The SMILES string of the molecule is CN1CC[C@H](N(Cc2ccc(Cl)cc2)c2ccc(C#N)c(Cl)c2)C1. The van der Waals surface area contributed by atoms with E-state index in [0.717, 1.165) is 36.8 Å². The van der Waals surface area contributed by atoms with Gasteiger partial charge in [0, 0.05) is 29.8 Å². The molecule has 0 spiro atoms. The molecule has 5 heteroatoms. The highest BCUT2D eigenvalue weighted by Gasteiger charge is 2.26. The van der Waals surface area contributed by atoms with Crippen LogP contribution in [0.15, 0.2) is 42.5 Å². The minimum atomic E-state index is 0.426. The van der Waals surface area contributed by atoms with Crippen LogP contribution in [0.3, 0.4) is 0 Å². The van der Waals surface area contributed by atoms with Gasteiger partial charge in [0.05, 0.1) is 10.6 Å². The molecule has 0 N–H and O–H groups in total. The van der Waals surface area contributed by atoms with Gasteiger partial charge in [-0.15, -0.1) is 0 Å². The fourth-order valence-corrected chi connectivity index (χ4v) is 3.50. The largest absolute Gasteiger partial charge is 0.363 e. The molecule has 0 bridgehead atoms. The Hall–Kier alpha value is -1.73. The summed E-state index contributed by atoms with van der Waals surface area (Å²) in [5, 5.41) is 10.3. The summed E-state index contributed by atoms with van der Waals surface area (Å²) in [6.07, 6.45) is 1.11. The van der Waals surface area contributed by atoms with Crippen LogP contribution in [0.2, 0.25) is 10.0 Å². The number of likely N-dealkylation sites (tertiary alicyclic amines) is 1. The molecule has 1 atom stereocenters. The summed E-state index contributed by atoms with van der Waals surface area (Å²) in [5.74, 6) is 0. The Balaban J connectivity index is 1.91. The molecule has 0 aromatic heterocycles. The van der Waals surface area contributed by atoms with Crippen molar-refractivity contribution in [2.45, 2.75) is 19.0 Å². The van der Waals surface area contributed by atoms with Crippen molar-refractivity contribution in [1.29, 1.82) is 5.26 Å². The second-order valence-corrected chi connectivity index (χ2v) is 7.08. The van der Waals surface area contributed by atoms with E-state index in [2.05, 4.69) is 35.0 Å². The lowest BCUT2D eigenvalue weighted by Gasteiger charge is -2.31. The first-order valence-corrected chi connectivity index (χ1v) is 8.71. The van der Waals surface area contributed by atoms with Crippen LogP contribution in [0.5, 0.6) is 0 Å². The van der Waals surface area contributed by atoms with Crippen molar-refractivity contribution in [2.24, 2.45) is 0 Å². The maximum Gasteiger partial charge on any atom is 0.101 e. The lowest BCUT2D eigenvalue weighted by Crippen LogP contribution is -2.36. The Morgan fingerprint density at radius 1 is 1.21 bits per heavy atom. The monoisotopic (exact) mass is 359 g/mol. The Labute approximate surface area is 153 Å². The highest BCUT2D eigenvalue weighted by molar-refractivity contribution is 6.32. The normalized spacial score (nSPS) is 17.7. The minimum Gasteiger partial charge on any atom is -0.363 e. The summed E-state index contributed by atoms with van der Waals surface area (Å²) in [6.45, 7) is 2.90. The van der Waals surface area contributed by atoms with Crippen molar-refractivity contribution in [2.75, 3.05) is 25.0 Å². The van der Waals surface area contributed by atoms with E-state index in [1.165, 1.54) is 5.56 Å². The van der Waals surface area contributed by atoms with E-state index in [1.54, 1.807) is 6.07 Å². The molecule has 0 radical (unpaired) electrons. The Bertz CT molecular complexity index is 752. The van der Waals surface area contributed by atoms with Gasteiger partial charge in [-0.1, -0.05) is 35.3 Å². The lowest BCUT2D eigenvalue weighted by molar-refractivity contribution is 0.407. The van der Waals surface area contributed by atoms with Gasteiger partial charge >= 0.3 is 0 Å². The van der Waals surface area contributed by atoms with Gasteiger partial charge < -0.3 is 9.80 Å². The standard InChI is InChI=1S/C19H19Cl2N3/c1-23-9-8-18(13-23)24(12-14-2-5-16(20)6-3-14)17-7-4-15(11-22)19(21)10-17/h2-7,10,18H,8-9,12-13H2,1H3/t18-/m0/s1. The molecule has 1 fully saturated rings. The summed E-state index contributed by atoms with van der Waals surface area (Å²) in [6, 6.07) is 16.2. The number of benzene rings is 2. The van der Waals surface area contributed by atoms with Gasteiger partial charge in [-0.25, -0.2) is 0 Å². The molecule has 0 aliphatic carbocycles. The number of likely N-dealkylation sites (N-methyl/N-ethyl adjacent to an activating group) is 1. The summed E-state index contributed by atoms with van der Waals surface area (Å²) in [5.41, 5.74) is 2.76. The topological polar surface area (TPSA) is 30.3 Å². The molecular formula is C19H19Cl2N3. The molecule has 124 valence electrons. The molecular weight excluding hydrogens is 341 g/mol. The summed E-state index contributed by atoms with van der Waals surface area (Å²) >= 11 is 12.3. The van der Waals surface area contributed by atoms with E-state index in [-0.39, 0.29) is 0 Å². The fourth-order valence-electron chi connectivity index (χ4n) is 3.16. The molecule has 0 amide bonds. The van der Waals surface area contributed by atoms with Gasteiger partial charge in [-0.05, 0) is 55.9 Å². The van der Waals surface area contributed by atoms with Gasteiger partial charge in [0.1, 0.15) is 6.07 Å². The lowest BCUT2D eigenvalue weighted by atomic mass is 10.1. The van der Waals surface area contributed by atoms with Crippen molar-refractivity contribution in [1.82, 2.24) is 4.90 Å². The molecule has 0 unspecified atom stereocenters. The number of hydrogen-bond donors (Lipinski definition) is 0. The van der Waals surface area contributed by atoms with Crippen molar-refractivity contribution in [3.63, 3.8) is 0 Å². The number of anilines is 1. The molecule has 3 nitrogen and oxygen atoms in total. The first kappa shape index (κ1) is 17.1. The predicted octanol–water partition coefficient (Wildman–Crippen LogP) is 4.58. The van der Waals surface area contributed by atoms with E-state index in [1.807, 2.05) is 24.3 Å². The van der Waals surface area contributed by atoms with Crippen LogP contribution in [0.1, 0.15) is 17.5 Å². The predicted molar refractivity (Wildman–Crippen MR) is 99.7 cm³/mol. The van der Waals surface area contributed by atoms with Crippen LogP contribution in [-0.2, 0) is 6.54 Å². The van der Waals surface area contributed by atoms with E-state index < -0.39 is 0 Å². The molecule has 1 aliphatic heterocycles. The summed E-state index contributed by atoms with van der Waals surface area (Å²) in [7, 11) is 2.15. The molecule has 3 rings (SSSR count). The van der Waals surface area contributed by atoms with E-state index in [9.17, 15) is 0 Å². The van der Waals surface area contributed by atoms with Crippen LogP contribution in [0.4, 0.5) is 5.69 Å². The first-order valence-electron chi connectivity index (χ1n) is 7.96. The van der Waals surface area contributed by atoms with Crippen LogP contribution < -0.4 is 4.90 Å². The first-order chi connectivity index (χ1) is 11.6. The van der Waals surface area contributed by atoms with Crippen molar-refractivity contribution in [3.8, 4) is 6.07 Å². The third kappa shape index (κ3) is 3.84. The van der Waals surface area contributed by atoms with Crippen molar-refractivity contribution in [3.05, 3.63) is 63.6 Å². The fraction of sp³-hybridized carbons (Fsp3) is 0.316. The zero-order valence-corrected chi connectivity index (χ0v) is 15.1. The van der Waals surface area contributed by atoms with Gasteiger partial charge in [0.2, 0.25) is 0 Å². The second kappa shape index (κ2) is 7.44. The average Bonchev–Trinajstić information content (AvgIpc) is 3.00. The van der Waals surface area contributed by atoms with E-state index >= 15 is 0 Å². The number of nitrogens with zero attached hydrogens (tertiary/aromatic N) is 3. The van der Waals surface area contributed by atoms with Crippen molar-refractivity contribution < 1.29 is 0 Å². The van der Waals surface area contributed by atoms with Crippen LogP contribution in [0, 0.1) is 11.3 Å². The maximum atomic E-state index is 9.09. The van der Waals surface area contributed by atoms with E-state index in [0.29, 0.717) is 16.6 Å². The van der Waals surface area contributed by atoms with Gasteiger partial charge in [0.15, 0.2) is 0 Å². The number of nitriles is 1. The minimum absolute atomic E-state index is 0.426. The van der Waals surface area contributed by atoms with E-state index in [4.69, 9.17) is 28.5 Å². The van der Waals surface area contributed by atoms with Gasteiger partial charge in [-0.2, -0.15) is 5.26 Å².